The average Bonchev–Trinajstić information content (AvgIpc) is 3.40. The summed E-state index contributed by atoms with van der Waals surface area (Å²) in [5.74, 6) is 0. The number of hydrogen-bond acceptors (Lipinski definition) is 3. The van der Waals surface area contributed by atoms with Gasteiger partial charge in [-0.25, -0.2) is 4.85 Å². The maximum atomic E-state index is 10.6. The van der Waals surface area contributed by atoms with Crippen molar-refractivity contribution in [2.24, 2.45) is 0 Å². The predicted octanol–water partition coefficient (Wildman–Crippen LogP) is 18.0. The van der Waals surface area contributed by atoms with Crippen LogP contribution in [-0.4, -0.2) is 0 Å². The summed E-state index contributed by atoms with van der Waals surface area (Å²) in [5.41, 5.74) is 11.6. The zero-order valence-corrected chi connectivity index (χ0v) is 37.0. The molecule has 0 atom stereocenters. The summed E-state index contributed by atoms with van der Waals surface area (Å²) in [5, 5.41) is 18.4. The number of para-hydroxylation sites is 2. The van der Waals surface area contributed by atoms with E-state index in [1.807, 2.05) is 48.5 Å². The lowest BCUT2D eigenvalue weighted by molar-refractivity contribution is 1.30. The molecule has 0 aliphatic heterocycles. The highest BCUT2D eigenvalue weighted by atomic mass is 15.1. The molecule has 0 aromatic heterocycles. The van der Waals surface area contributed by atoms with E-state index in [1.54, 1.807) is 0 Å². The van der Waals surface area contributed by atoms with Crippen LogP contribution in [0.4, 0.5) is 39.8 Å². The van der Waals surface area contributed by atoms with Crippen molar-refractivity contribution in [3.63, 3.8) is 0 Å². The summed E-state index contributed by atoms with van der Waals surface area (Å²) in [7, 11) is 0. The second-order valence-electron chi connectivity index (χ2n) is 16.7. The number of rotatable bonds is 10. The van der Waals surface area contributed by atoms with Crippen molar-refractivity contribution in [3.05, 3.63) is 270 Å². The molecule has 0 saturated heterocycles. The standard InChI is InChI=1S/C64H42N4/c1-66-64-58-41-35-47(28-26-45-30-36-53(37-31-45)67(51-18-4-2-5-19-51)62-24-12-16-49-14-8-10-22-55(49)62)42-59(58)61(44-65)57-40-34-48(43-60(57)64)29-27-46-32-38-54(39-33-46)68(52-20-6-3-7-21-52)63-25-13-17-50-15-9-11-23-56(50)63/h2-43H/b28-26-,29-27-. The van der Waals surface area contributed by atoms with Crippen LogP contribution in [0.1, 0.15) is 27.8 Å². The highest BCUT2D eigenvalue weighted by Crippen LogP contribution is 2.42. The first-order valence-electron chi connectivity index (χ1n) is 22.7. The monoisotopic (exact) mass is 866 g/mol. The van der Waals surface area contributed by atoms with Crippen LogP contribution in [0.3, 0.4) is 0 Å². The van der Waals surface area contributed by atoms with Crippen molar-refractivity contribution in [1.82, 2.24) is 0 Å². The molecule has 0 radical (unpaired) electrons. The minimum Gasteiger partial charge on any atom is -0.310 e. The van der Waals surface area contributed by atoms with Crippen LogP contribution in [0.2, 0.25) is 0 Å². The van der Waals surface area contributed by atoms with E-state index in [2.05, 4.69) is 227 Å². The Labute approximate surface area is 396 Å². The molecule has 0 bridgehead atoms. The van der Waals surface area contributed by atoms with E-state index in [-0.39, 0.29) is 0 Å². The summed E-state index contributed by atoms with van der Waals surface area (Å²) in [4.78, 5) is 8.65. The maximum Gasteiger partial charge on any atom is 0.202 e. The molecule has 0 spiro atoms. The van der Waals surface area contributed by atoms with Crippen LogP contribution in [-0.2, 0) is 0 Å². The molecule has 0 amide bonds. The van der Waals surface area contributed by atoms with Gasteiger partial charge in [0, 0.05) is 33.5 Å². The topological polar surface area (TPSA) is 34.6 Å². The third-order valence-corrected chi connectivity index (χ3v) is 12.6. The number of nitriles is 1. The van der Waals surface area contributed by atoms with Crippen LogP contribution in [0, 0.1) is 17.9 Å². The van der Waals surface area contributed by atoms with Gasteiger partial charge in [-0.2, -0.15) is 5.26 Å². The second kappa shape index (κ2) is 18.2. The van der Waals surface area contributed by atoms with Gasteiger partial charge in [-0.1, -0.05) is 188 Å². The minimum atomic E-state index is 0.545. The van der Waals surface area contributed by atoms with Gasteiger partial charge in [0.1, 0.15) is 6.07 Å². The average molecular weight is 867 g/mol. The SMILES string of the molecule is [C-]#[N+]c1c2ccc(/C=C\c3ccc(N(c4ccccc4)c4cccc5ccccc45)cc3)cc2c(C#N)c2ccc(/C=C\c3ccc(N(c4ccccc4)c4cccc5ccccc45)cc3)cc12. The Kier molecular flexibility index (Phi) is 11.0. The molecule has 4 nitrogen and oxygen atoms in total. The van der Waals surface area contributed by atoms with E-state index in [1.165, 1.54) is 21.5 Å². The molecule has 11 aromatic carbocycles. The first-order valence-corrected chi connectivity index (χ1v) is 22.7. The van der Waals surface area contributed by atoms with Crippen molar-refractivity contribution in [1.29, 1.82) is 5.26 Å². The molecule has 4 heteroatoms. The molecule has 0 fully saturated rings. The van der Waals surface area contributed by atoms with E-state index in [4.69, 9.17) is 6.57 Å². The molecule has 0 aliphatic rings. The molecule has 0 N–H and O–H groups in total. The van der Waals surface area contributed by atoms with Gasteiger partial charge >= 0.3 is 0 Å². The quantitative estimate of drug-likeness (QED) is 0.0780. The van der Waals surface area contributed by atoms with E-state index in [0.29, 0.717) is 11.3 Å². The number of hydrogen-bond donors (Lipinski definition) is 0. The highest BCUT2D eigenvalue weighted by Gasteiger charge is 2.18. The van der Waals surface area contributed by atoms with Crippen LogP contribution >= 0.6 is 0 Å². The molecule has 11 aromatic rings. The van der Waals surface area contributed by atoms with Gasteiger partial charge in [0.05, 0.1) is 23.5 Å². The lowest BCUT2D eigenvalue weighted by atomic mass is 9.93. The maximum absolute atomic E-state index is 10.6. The van der Waals surface area contributed by atoms with Crippen LogP contribution < -0.4 is 9.80 Å². The van der Waals surface area contributed by atoms with E-state index >= 15 is 0 Å². The summed E-state index contributed by atoms with van der Waals surface area (Å²) in [6.45, 7) is 8.31. The Hall–Kier alpha value is -9.48. The fourth-order valence-corrected chi connectivity index (χ4v) is 9.36. The predicted molar refractivity (Wildman–Crippen MR) is 288 cm³/mol. The number of nitrogens with zero attached hydrogens (tertiary/aromatic N) is 4. The van der Waals surface area contributed by atoms with Gasteiger partial charge in [0.2, 0.25) is 5.69 Å². The number of anilines is 6. The fourth-order valence-electron chi connectivity index (χ4n) is 9.36. The van der Waals surface area contributed by atoms with Crippen molar-refractivity contribution >= 4 is 107 Å². The Morgan fingerprint density at radius 2 is 0.750 bits per heavy atom. The molecule has 0 unspecified atom stereocenters. The Balaban J connectivity index is 0.865. The van der Waals surface area contributed by atoms with Crippen molar-refractivity contribution in [2.75, 3.05) is 9.80 Å². The molecular formula is C64H42N4. The molecule has 0 heterocycles. The number of benzene rings is 11. The first kappa shape index (κ1) is 41.2. The van der Waals surface area contributed by atoms with Crippen LogP contribution in [0.25, 0.3) is 72.2 Å². The van der Waals surface area contributed by atoms with Crippen molar-refractivity contribution < 1.29 is 0 Å². The minimum absolute atomic E-state index is 0.545. The van der Waals surface area contributed by atoms with Gasteiger partial charge in [-0.15, -0.1) is 0 Å². The first-order chi connectivity index (χ1) is 33.6. The van der Waals surface area contributed by atoms with E-state index in [9.17, 15) is 5.26 Å². The number of fused-ring (bicyclic) bond motifs is 4. The molecule has 0 saturated carbocycles. The van der Waals surface area contributed by atoms with Gasteiger partial charge in [0.25, 0.3) is 0 Å². The lowest BCUT2D eigenvalue weighted by Gasteiger charge is -2.27. The largest absolute Gasteiger partial charge is 0.310 e. The molecule has 11 rings (SSSR count). The summed E-state index contributed by atoms with van der Waals surface area (Å²) < 4.78 is 0. The van der Waals surface area contributed by atoms with Gasteiger partial charge in [-0.3, -0.25) is 0 Å². The smallest absolute Gasteiger partial charge is 0.202 e. The van der Waals surface area contributed by atoms with Gasteiger partial charge in [0.15, 0.2) is 0 Å². The summed E-state index contributed by atoms with van der Waals surface area (Å²) in [6, 6.07) is 82.5. The van der Waals surface area contributed by atoms with Gasteiger partial charge < -0.3 is 9.80 Å². The Morgan fingerprint density at radius 3 is 1.24 bits per heavy atom. The Bertz CT molecular complexity index is 3540. The molecular weight excluding hydrogens is 825 g/mol. The molecule has 68 heavy (non-hydrogen) atoms. The van der Waals surface area contributed by atoms with Crippen molar-refractivity contribution in [3.8, 4) is 6.07 Å². The molecule has 318 valence electrons. The van der Waals surface area contributed by atoms with Crippen LogP contribution in [0.15, 0.2) is 231 Å². The Morgan fingerprint density at radius 1 is 0.353 bits per heavy atom. The fraction of sp³-hybridized carbons (Fsp3) is 0. The van der Waals surface area contributed by atoms with Gasteiger partial charge in [-0.05, 0) is 121 Å². The zero-order chi connectivity index (χ0) is 45.8. The zero-order valence-electron chi connectivity index (χ0n) is 37.0. The highest BCUT2D eigenvalue weighted by molar-refractivity contribution is 6.16. The second-order valence-corrected chi connectivity index (χ2v) is 16.7. The molecule has 0 aliphatic carbocycles. The van der Waals surface area contributed by atoms with E-state index < -0.39 is 0 Å². The van der Waals surface area contributed by atoms with Crippen molar-refractivity contribution in [2.45, 2.75) is 0 Å². The lowest BCUT2D eigenvalue weighted by Crippen LogP contribution is -2.10. The summed E-state index contributed by atoms with van der Waals surface area (Å²) >= 11 is 0. The third-order valence-electron chi connectivity index (χ3n) is 12.6. The summed E-state index contributed by atoms with van der Waals surface area (Å²) in [6.07, 6.45) is 8.33. The third kappa shape index (κ3) is 7.90. The van der Waals surface area contributed by atoms with E-state index in [0.717, 1.165) is 77.9 Å². The normalized spacial score (nSPS) is 11.4. The van der Waals surface area contributed by atoms with Crippen LogP contribution in [0.5, 0.6) is 0 Å².